The van der Waals surface area contributed by atoms with Gasteiger partial charge in [-0.3, -0.25) is 9.59 Å². The smallest absolute Gasteiger partial charge is 0.308 e. The van der Waals surface area contributed by atoms with Crippen LogP contribution in [0.3, 0.4) is 0 Å². The van der Waals surface area contributed by atoms with Gasteiger partial charge >= 0.3 is 5.97 Å². The molecule has 5 heteroatoms. The van der Waals surface area contributed by atoms with Crippen LogP contribution in [0.2, 0.25) is 0 Å². The first kappa shape index (κ1) is 15.4. The summed E-state index contributed by atoms with van der Waals surface area (Å²) < 4.78 is 0. The Morgan fingerprint density at radius 1 is 1.33 bits per heavy atom. The maximum Gasteiger partial charge on any atom is 0.308 e. The third-order valence-corrected chi connectivity index (χ3v) is 4.02. The lowest BCUT2D eigenvalue weighted by molar-refractivity contribution is -0.145. The fourth-order valence-electron chi connectivity index (χ4n) is 2.77. The normalized spacial score (nSPS) is 18.4. The molecule has 1 fully saturated rings. The molecule has 5 nitrogen and oxygen atoms in total. The van der Waals surface area contributed by atoms with Crippen LogP contribution < -0.4 is 5.32 Å². The van der Waals surface area contributed by atoms with Gasteiger partial charge in [-0.05, 0) is 37.8 Å². The average Bonchev–Trinajstić information content (AvgIpc) is 2.46. The fraction of sp³-hybridized carbons (Fsp3) is 0.500. The van der Waals surface area contributed by atoms with Crippen molar-refractivity contribution in [1.82, 2.24) is 4.90 Å². The van der Waals surface area contributed by atoms with Gasteiger partial charge in [0.15, 0.2) is 0 Å². The Hall–Kier alpha value is -2.04. The van der Waals surface area contributed by atoms with E-state index in [4.69, 9.17) is 5.11 Å². The van der Waals surface area contributed by atoms with Gasteiger partial charge in [-0.2, -0.15) is 0 Å². The van der Waals surface area contributed by atoms with E-state index in [1.807, 2.05) is 32.0 Å². The van der Waals surface area contributed by atoms with Crippen molar-refractivity contribution in [3.8, 4) is 0 Å². The molecule has 1 saturated heterocycles. The lowest BCUT2D eigenvalue weighted by Gasteiger charge is -2.31. The largest absolute Gasteiger partial charge is 0.481 e. The van der Waals surface area contributed by atoms with Crippen LogP contribution in [0.5, 0.6) is 0 Å². The maximum atomic E-state index is 12.2. The second-order valence-electron chi connectivity index (χ2n) is 5.64. The summed E-state index contributed by atoms with van der Waals surface area (Å²) in [6.07, 6.45) is 1.41. The molecule has 0 aromatic heterocycles. The standard InChI is InChI=1S/C16H22N2O3/c1-11-5-3-6-12(2)15(11)17-9-14(19)18-8-4-7-13(10-18)16(20)21/h3,5-6,13,17H,4,7-10H2,1-2H3,(H,20,21). The van der Waals surface area contributed by atoms with Crippen LogP contribution in [0, 0.1) is 19.8 Å². The number of nitrogens with one attached hydrogen (secondary N) is 1. The highest BCUT2D eigenvalue weighted by molar-refractivity contribution is 5.82. The summed E-state index contributed by atoms with van der Waals surface area (Å²) in [6.45, 7) is 5.18. The van der Waals surface area contributed by atoms with Crippen molar-refractivity contribution in [1.29, 1.82) is 0 Å². The topological polar surface area (TPSA) is 69.6 Å². The van der Waals surface area contributed by atoms with Crippen LogP contribution >= 0.6 is 0 Å². The number of carboxylic acid groups (broad SMARTS) is 1. The van der Waals surface area contributed by atoms with E-state index in [2.05, 4.69) is 5.32 Å². The Balaban J connectivity index is 1.94. The molecule has 0 spiro atoms. The highest BCUT2D eigenvalue weighted by Crippen LogP contribution is 2.20. The van der Waals surface area contributed by atoms with E-state index in [0.717, 1.165) is 23.2 Å². The Morgan fingerprint density at radius 3 is 2.62 bits per heavy atom. The molecule has 2 N–H and O–H groups in total. The molecule has 1 heterocycles. The van der Waals surface area contributed by atoms with Crippen molar-refractivity contribution in [2.24, 2.45) is 5.92 Å². The number of likely N-dealkylation sites (tertiary alicyclic amines) is 1. The van der Waals surface area contributed by atoms with Crippen molar-refractivity contribution < 1.29 is 14.7 Å². The number of para-hydroxylation sites is 1. The molecule has 2 rings (SSSR count). The van der Waals surface area contributed by atoms with Crippen LogP contribution in [0.15, 0.2) is 18.2 Å². The van der Waals surface area contributed by atoms with Crippen LogP contribution in [-0.2, 0) is 9.59 Å². The minimum absolute atomic E-state index is 0.0383. The molecule has 1 unspecified atom stereocenters. The Kier molecular flexibility index (Phi) is 4.83. The Bertz CT molecular complexity index is 522. The van der Waals surface area contributed by atoms with Crippen molar-refractivity contribution in [2.45, 2.75) is 26.7 Å². The third-order valence-electron chi connectivity index (χ3n) is 4.02. The number of carbonyl (C=O) groups is 2. The molecule has 0 aliphatic carbocycles. The molecule has 0 bridgehead atoms. The first-order valence-corrected chi connectivity index (χ1v) is 7.29. The number of carbonyl (C=O) groups excluding carboxylic acids is 1. The number of anilines is 1. The zero-order valence-electron chi connectivity index (χ0n) is 12.6. The highest BCUT2D eigenvalue weighted by atomic mass is 16.4. The second-order valence-corrected chi connectivity index (χ2v) is 5.64. The van der Waals surface area contributed by atoms with E-state index in [0.29, 0.717) is 19.5 Å². The van der Waals surface area contributed by atoms with Crippen LogP contribution in [0.1, 0.15) is 24.0 Å². The number of hydrogen-bond donors (Lipinski definition) is 2. The van der Waals surface area contributed by atoms with Gasteiger partial charge in [-0.1, -0.05) is 18.2 Å². The van der Waals surface area contributed by atoms with E-state index >= 15 is 0 Å². The van der Waals surface area contributed by atoms with Gasteiger partial charge in [0.25, 0.3) is 0 Å². The van der Waals surface area contributed by atoms with Gasteiger partial charge in [0, 0.05) is 18.8 Å². The number of carboxylic acids is 1. The number of nitrogens with zero attached hydrogens (tertiary/aromatic N) is 1. The fourth-order valence-corrected chi connectivity index (χ4v) is 2.77. The molecule has 21 heavy (non-hydrogen) atoms. The molecule has 1 amide bonds. The molecule has 0 saturated carbocycles. The SMILES string of the molecule is Cc1cccc(C)c1NCC(=O)N1CCCC(C(=O)O)C1. The molecule has 1 aromatic rings. The van der Waals surface area contributed by atoms with Crippen molar-refractivity contribution >= 4 is 17.6 Å². The molecular formula is C16H22N2O3. The van der Waals surface area contributed by atoms with Gasteiger partial charge < -0.3 is 15.3 Å². The number of piperidine rings is 1. The molecular weight excluding hydrogens is 268 g/mol. The summed E-state index contributed by atoms with van der Waals surface area (Å²) in [6, 6.07) is 5.99. The van der Waals surface area contributed by atoms with Gasteiger partial charge in [-0.25, -0.2) is 0 Å². The minimum atomic E-state index is -0.810. The lowest BCUT2D eigenvalue weighted by atomic mass is 9.98. The molecule has 0 radical (unpaired) electrons. The lowest BCUT2D eigenvalue weighted by Crippen LogP contribution is -2.44. The molecule has 1 atom stereocenters. The Morgan fingerprint density at radius 2 is 2.00 bits per heavy atom. The molecule has 1 aliphatic heterocycles. The zero-order chi connectivity index (χ0) is 15.4. The van der Waals surface area contributed by atoms with Crippen molar-refractivity contribution in [2.75, 3.05) is 25.0 Å². The Labute approximate surface area is 125 Å². The van der Waals surface area contributed by atoms with Crippen LogP contribution in [0.4, 0.5) is 5.69 Å². The van der Waals surface area contributed by atoms with E-state index in [9.17, 15) is 9.59 Å². The highest BCUT2D eigenvalue weighted by Gasteiger charge is 2.27. The first-order chi connectivity index (χ1) is 9.99. The number of aryl methyl sites for hydroxylation is 2. The summed E-state index contributed by atoms with van der Waals surface area (Å²) in [5, 5.41) is 12.2. The van der Waals surface area contributed by atoms with Gasteiger partial charge in [0.05, 0.1) is 12.5 Å². The molecule has 1 aromatic carbocycles. The number of rotatable bonds is 4. The van der Waals surface area contributed by atoms with Gasteiger partial charge in [-0.15, -0.1) is 0 Å². The first-order valence-electron chi connectivity index (χ1n) is 7.29. The number of aliphatic carboxylic acids is 1. The number of hydrogen-bond acceptors (Lipinski definition) is 3. The third kappa shape index (κ3) is 3.74. The van der Waals surface area contributed by atoms with Crippen molar-refractivity contribution in [3.63, 3.8) is 0 Å². The quantitative estimate of drug-likeness (QED) is 0.890. The monoisotopic (exact) mass is 290 g/mol. The summed E-state index contributed by atoms with van der Waals surface area (Å²) in [5.74, 6) is -1.28. The van der Waals surface area contributed by atoms with Gasteiger partial charge in [0.1, 0.15) is 0 Å². The molecule has 1 aliphatic rings. The maximum absolute atomic E-state index is 12.2. The minimum Gasteiger partial charge on any atom is -0.481 e. The van der Waals surface area contributed by atoms with Crippen LogP contribution in [-0.4, -0.2) is 41.5 Å². The molecule has 114 valence electrons. The van der Waals surface area contributed by atoms with E-state index in [1.54, 1.807) is 4.90 Å². The second kappa shape index (κ2) is 6.61. The number of amides is 1. The van der Waals surface area contributed by atoms with Gasteiger partial charge in [0.2, 0.25) is 5.91 Å². The summed E-state index contributed by atoms with van der Waals surface area (Å²) >= 11 is 0. The van der Waals surface area contributed by atoms with E-state index < -0.39 is 11.9 Å². The summed E-state index contributed by atoms with van der Waals surface area (Å²) in [5.41, 5.74) is 3.19. The predicted molar refractivity (Wildman–Crippen MR) is 81.3 cm³/mol. The number of benzene rings is 1. The van der Waals surface area contributed by atoms with E-state index in [1.165, 1.54) is 0 Å². The zero-order valence-corrected chi connectivity index (χ0v) is 12.6. The van der Waals surface area contributed by atoms with Crippen molar-refractivity contribution in [3.05, 3.63) is 29.3 Å². The van der Waals surface area contributed by atoms with E-state index in [-0.39, 0.29) is 12.5 Å². The average molecular weight is 290 g/mol. The summed E-state index contributed by atoms with van der Waals surface area (Å²) in [4.78, 5) is 24.9. The summed E-state index contributed by atoms with van der Waals surface area (Å²) in [7, 11) is 0. The predicted octanol–water partition coefficient (Wildman–Crippen LogP) is 2.04. The van der Waals surface area contributed by atoms with Crippen LogP contribution in [0.25, 0.3) is 0 Å².